The molecular weight excluding hydrogens is 1220 g/mol. The van der Waals surface area contributed by atoms with Crippen LogP contribution < -0.4 is 0 Å². The second-order valence-corrected chi connectivity index (χ2v) is 25.6. The highest BCUT2D eigenvalue weighted by Gasteiger charge is 2.48. The van der Waals surface area contributed by atoms with Crippen molar-refractivity contribution in [1.29, 1.82) is 0 Å². The smallest absolute Gasteiger partial charge is 0.397 e. The number of hydrogen-bond donors (Lipinski definition) is 0. The van der Waals surface area contributed by atoms with Crippen LogP contribution in [0.1, 0.15) is 19.4 Å². The number of furan rings is 2. The van der Waals surface area contributed by atoms with Crippen molar-refractivity contribution in [3.63, 3.8) is 0 Å². The number of aromatic nitrogens is 3. The van der Waals surface area contributed by atoms with Crippen molar-refractivity contribution < 1.29 is 22.0 Å². The van der Waals surface area contributed by atoms with Crippen LogP contribution in [0.5, 0.6) is 0 Å². The maximum atomic E-state index is 14.6. The van der Waals surface area contributed by atoms with Gasteiger partial charge in [-0.1, -0.05) is 224 Å². The monoisotopic (exact) mass is 1280 g/mol. The van der Waals surface area contributed by atoms with Gasteiger partial charge in [0.15, 0.2) is 0 Å². The summed E-state index contributed by atoms with van der Waals surface area (Å²) >= 11 is 0. The second-order valence-electron chi connectivity index (χ2n) is 25.6. The first kappa shape index (κ1) is 60.2. The molecule has 0 spiro atoms. The Bertz CT molecular complexity index is 5690. The van der Waals surface area contributed by atoms with E-state index in [4.69, 9.17) is 18.8 Å². The number of rotatable bonds is 13. The number of benzene rings is 12. The fourth-order valence-electron chi connectivity index (χ4n) is 14.2. The minimum Gasteiger partial charge on any atom is -0.455 e. The van der Waals surface area contributed by atoms with E-state index in [0.29, 0.717) is 11.3 Å². The van der Waals surface area contributed by atoms with Gasteiger partial charge >= 0.3 is 6.18 Å². The lowest BCUT2D eigenvalue weighted by molar-refractivity contribution is -0.180. The lowest BCUT2D eigenvalue weighted by atomic mass is 9.82. The summed E-state index contributed by atoms with van der Waals surface area (Å²) in [5.74, 6) is 0. The van der Waals surface area contributed by atoms with Crippen LogP contribution in [0.25, 0.3) is 178 Å². The summed E-state index contributed by atoms with van der Waals surface area (Å²) in [7, 11) is 0. The summed E-state index contributed by atoms with van der Waals surface area (Å²) in [6, 6.07) is 107. The molecule has 17 rings (SSSR count). The van der Waals surface area contributed by atoms with Gasteiger partial charge in [0.2, 0.25) is 0 Å². The molecule has 17 aromatic rings. The predicted molar refractivity (Wildman–Crippen MR) is 399 cm³/mol. The second kappa shape index (κ2) is 24.6. The Labute approximate surface area is 570 Å². The molecule has 0 fully saturated rings. The molecule has 0 saturated carbocycles. The Hall–Kier alpha value is -12.5. The van der Waals surface area contributed by atoms with Crippen molar-refractivity contribution in [2.75, 3.05) is 0 Å². The molecule has 99 heavy (non-hydrogen) atoms. The number of pyridine rings is 3. The average molecular weight is 1280 g/mol. The van der Waals surface area contributed by atoms with Crippen molar-refractivity contribution in [3.05, 3.63) is 334 Å². The van der Waals surface area contributed by atoms with E-state index < -0.39 is 11.6 Å². The van der Waals surface area contributed by atoms with Crippen LogP contribution >= 0.6 is 0 Å². The van der Waals surface area contributed by atoms with Crippen LogP contribution in [-0.4, -0.2) is 21.1 Å². The van der Waals surface area contributed by atoms with Gasteiger partial charge in [0, 0.05) is 68.0 Å². The zero-order valence-corrected chi connectivity index (χ0v) is 54.0. The van der Waals surface area contributed by atoms with Gasteiger partial charge in [0.05, 0.1) is 22.5 Å². The fraction of sp³-hybridized carbons (Fsp3) is 0.0440. The van der Waals surface area contributed by atoms with Crippen LogP contribution in [0.3, 0.4) is 0 Å². The van der Waals surface area contributed by atoms with Gasteiger partial charge in [0.1, 0.15) is 22.3 Å². The largest absolute Gasteiger partial charge is 0.455 e. The van der Waals surface area contributed by atoms with E-state index in [-0.39, 0.29) is 5.56 Å². The third kappa shape index (κ3) is 10.8. The molecule has 5 nitrogen and oxygen atoms in total. The van der Waals surface area contributed by atoms with Crippen molar-refractivity contribution >= 4 is 43.9 Å². The van der Waals surface area contributed by atoms with Gasteiger partial charge in [-0.3, -0.25) is 15.0 Å². The number of alkyl halides is 3. The molecule has 0 amide bonds. The number of para-hydroxylation sites is 4. The highest BCUT2D eigenvalue weighted by Crippen LogP contribution is 2.50. The van der Waals surface area contributed by atoms with Gasteiger partial charge in [0.25, 0.3) is 0 Å². The van der Waals surface area contributed by atoms with Gasteiger partial charge in [-0.2, -0.15) is 13.2 Å². The minimum absolute atomic E-state index is 0.136. The van der Waals surface area contributed by atoms with Gasteiger partial charge in [-0.25, -0.2) is 0 Å². The third-order valence-electron chi connectivity index (χ3n) is 19.5. The van der Waals surface area contributed by atoms with E-state index >= 15 is 0 Å². The Morgan fingerprint density at radius 2 is 0.606 bits per heavy atom. The summed E-state index contributed by atoms with van der Waals surface area (Å²) in [5.41, 5.74) is 23.7. The molecule has 0 radical (unpaired) electrons. The Balaban J connectivity index is 0.903. The molecule has 5 aromatic heterocycles. The van der Waals surface area contributed by atoms with E-state index in [1.165, 1.54) is 26.1 Å². The number of fused-ring (bicyclic) bond motifs is 6. The van der Waals surface area contributed by atoms with Crippen LogP contribution in [0.15, 0.2) is 337 Å². The predicted octanol–water partition coefficient (Wildman–Crippen LogP) is 25.5. The van der Waals surface area contributed by atoms with Crippen molar-refractivity contribution in [1.82, 2.24) is 15.0 Å². The first-order valence-electron chi connectivity index (χ1n) is 33.1. The molecule has 0 aliphatic carbocycles. The normalized spacial score (nSPS) is 11.9. The lowest BCUT2D eigenvalue weighted by Crippen LogP contribution is -2.36. The molecule has 0 bridgehead atoms. The molecule has 0 saturated heterocycles. The summed E-state index contributed by atoms with van der Waals surface area (Å²) in [6.45, 7) is 2.43. The third-order valence-corrected chi connectivity index (χ3v) is 19.5. The maximum Gasteiger partial charge on any atom is 0.397 e. The zero-order valence-electron chi connectivity index (χ0n) is 54.0. The SMILES string of the molecule is CC(C)(c1ccnc(-c2ccc(-c3ccccc3-c3cc(-c4ccccc4-c4ccc(-c5ccccn5)cc4-c4cccc5c4oc4ccccc45)cc(-c4ccccc4-c4ccc(-c5ccccn5)cc4-c4cccc5c4oc4ccccc45)c3)c(-c3ccccc3)c2)c1)C(F)(F)F. The highest BCUT2D eigenvalue weighted by molar-refractivity contribution is 6.13. The van der Waals surface area contributed by atoms with Crippen LogP contribution in [0.2, 0.25) is 0 Å². The maximum absolute atomic E-state index is 14.6. The van der Waals surface area contributed by atoms with Crippen LogP contribution in [-0.2, 0) is 5.41 Å². The molecule has 0 N–H and O–H groups in total. The summed E-state index contributed by atoms with van der Waals surface area (Å²) in [6.07, 6.45) is 0.662. The van der Waals surface area contributed by atoms with Crippen LogP contribution in [0, 0.1) is 0 Å². The van der Waals surface area contributed by atoms with Crippen molar-refractivity contribution in [3.8, 4) is 134 Å². The Morgan fingerprint density at radius 1 is 0.242 bits per heavy atom. The zero-order chi connectivity index (χ0) is 66.8. The quantitative estimate of drug-likeness (QED) is 0.115. The molecule has 0 unspecified atom stereocenters. The molecular formula is C91H60F3N3O2. The fourth-order valence-corrected chi connectivity index (χ4v) is 14.2. The summed E-state index contributed by atoms with van der Waals surface area (Å²) in [4.78, 5) is 14.4. The standard InChI is InChI=1S/C91H60F3N3O2/c1-90(2,91(92,93)94)64-46-49-97-85(56-64)60-42-43-71(80(53-60)57-22-4-3-5-23-57)68-27-9-6-24-65(68)61-50-62(66-25-7-10-28-69(66)72-44-40-58(83-36-16-18-47-95-83)54-81(72)78-34-20-32-76-74-30-12-14-38-86(74)98-88(76)78)52-63(51-61)67-26-8-11-29-70(67)73-45-41-59(84-37-17-19-48-96-84)55-82(73)79-35-21-33-77-75-31-13-15-39-87(75)99-89(77)79/h3-56H,1-2H3. The first-order chi connectivity index (χ1) is 48.5. The Morgan fingerprint density at radius 3 is 1.06 bits per heavy atom. The summed E-state index contributed by atoms with van der Waals surface area (Å²) in [5, 5.41) is 4.16. The lowest BCUT2D eigenvalue weighted by Gasteiger charge is -2.28. The highest BCUT2D eigenvalue weighted by atomic mass is 19.4. The number of nitrogens with zero attached hydrogens (tertiary/aromatic N) is 3. The molecule has 5 heterocycles. The average Bonchev–Trinajstić information content (AvgIpc) is 1.74. The Kier molecular flexibility index (Phi) is 15.0. The molecule has 0 aliphatic rings. The van der Waals surface area contributed by atoms with Crippen LogP contribution in [0.4, 0.5) is 13.2 Å². The minimum atomic E-state index is -4.48. The summed E-state index contributed by atoms with van der Waals surface area (Å²) < 4.78 is 57.5. The van der Waals surface area contributed by atoms with Crippen molar-refractivity contribution in [2.24, 2.45) is 0 Å². The molecule has 0 atom stereocenters. The van der Waals surface area contributed by atoms with E-state index in [9.17, 15) is 13.2 Å². The molecule has 8 heteroatoms. The van der Waals surface area contributed by atoms with E-state index in [1.54, 1.807) is 6.07 Å². The van der Waals surface area contributed by atoms with E-state index in [0.717, 1.165) is 167 Å². The van der Waals surface area contributed by atoms with E-state index in [1.807, 2.05) is 97.3 Å². The van der Waals surface area contributed by atoms with Gasteiger partial charge in [-0.15, -0.1) is 0 Å². The first-order valence-corrected chi connectivity index (χ1v) is 33.1. The number of hydrogen-bond acceptors (Lipinski definition) is 5. The van der Waals surface area contributed by atoms with Crippen molar-refractivity contribution in [2.45, 2.75) is 25.4 Å². The molecule has 472 valence electrons. The molecule has 12 aromatic carbocycles. The number of halogens is 3. The van der Waals surface area contributed by atoms with E-state index in [2.05, 4.69) is 217 Å². The molecule has 0 aliphatic heterocycles. The van der Waals surface area contributed by atoms with Gasteiger partial charge < -0.3 is 8.83 Å². The van der Waals surface area contributed by atoms with Gasteiger partial charge in [-0.05, 0) is 193 Å². The topological polar surface area (TPSA) is 65.0 Å².